The average Bonchev–Trinajstić information content (AvgIpc) is 3.25. The van der Waals surface area contributed by atoms with Crippen molar-refractivity contribution >= 4 is 22.0 Å². The van der Waals surface area contributed by atoms with Crippen molar-refractivity contribution in [1.82, 2.24) is 4.31 Å². The van der Waals surface area contributed by atoms with Crippen LogP contribution in [0.5, 0.6) is 0 Å². The average molecular weight is 464 g/mol. The molecule has 0 amide bonds. The van der Waals surface area contributed by atoms with Crippen molar-refractivity contribution in [1.29, 1.82) is 0 Å². The Hall–Kier alpha value is -2.65. The summed E-state index contributed by atoms with van der Waals surface area (Å²) in [5, 5.41) is 0. The summed E-state index contributed by atoms with van der Waals surface area (Å²) in [6.07, 6.45) is 0.763. The molecule has 0 N–H and O–H groups in total. The predicted molar refractivity (Wildman–Crippen MR) is 117 cm³/mol. The van der Waals surface area contributed by atoms with E-state index in [9.17, 15) is 18.0 Å². The molecule has 1 aromatic heterocycles. The van der Waals surface area contributed by atoms with Gasteiger partial charge >= 0.3 is 11.9 Å². The second kappa shape index (κ2) is 9.46. The molecule has 1 aromatic carbocycles. The van der Waals surface area contributed by atoms with Crippen molar-refractivity contribution < 1.29 is 31.9 Å². The highest BCUT2D eigenvalue weighted by molar-refractivity contribution is 7.89. The fourth-order valence-electron chi connectivity index (χ4n) is 3.95. The van der Waals surface area contributed by atoms with E-state index >= 15 is 0 Å². The van der Waals surface area contributed by atoms with Crippen LogP contribution in [-0.2, 0) is 30.9 Å². The SMILES string of the molecule is COC(=O)c1ccc(COC(=O)C2CCN(S(=O)(=O)c3c(C)c(C)cc(C)c3C)CC2)o1. The molecule has 174 valence electrons. The van der Waals surface area contributed by atoms with Gasteiger partial charge in [0.25, 0.3) is 0 Å². The van der Waals surface area contributed by atoms with E-state index in [0.717, 1.165) is 22.3 Å². The Balaban J connectivity index is 1.62. The van der Waals surface area contributed by atoms with Crippen LogP contribution in [0.15, 0.2) is 27.5 Å². The lowest BCUT2D eigenvalue weighted by molar-refractivity contribution is -0.151. The van der Waals surface area contributed by atoms with Crippen LogP contribution in [-0.4, -0.2) is 44.9 Å². The van der Waals surface area contributed by atoms with Crippen LogP contribution in [0.3, 0.4) is 0 Å². The number of furan rings is 1. The molecule has 0 unspecified atom stereocenters. The maximum atomic E-state index is 13.4. The zero-order valence-electron chi connectivity index (χ0n) is 19.1. The summed E-state index contributed by atoms with van der Waals surface area (Å²) in [7, 11) is -2.41. The molecule has 0 saturated carbocycles. The fraction of sp³-hybridized carbons (Fsp3) is 0.478. The standard InChI is InChI=1S/C23H29NO7S/c1-14-12-15(2)17(4)21(16(14)3)32(27,28)24-10-8-18(9-11-24)22(25)30-13-19-6-7-20(31-19)23(26)29-5/h6-7,12,18H,8-11,13H2,1-5H3. The van der Waals surface area contributed by atoms with E-state index < -0.39 is 27.9 Å². The second-order valence-electron chi connectivity index (χ2n) is 8.13. The van der Waals surface area contributed by atoms with Gasteiger partial charge in [0.1, 0.15) is 12.4 Å². The minimum Gasteiger partial charge on any atom is -0.463 e. The minimum absolute atomic E-state index is 0.0361. The quantitative estimate of drug-likeness (QED) is 0.605. The van der Waals surface area contributed by atoms with E-state index in [1.807, 2.05) is 33.8 Å². The zero-order chi connectivity index (χ0) is 23.6. The lowest BCUT2D eigenvalue weighted by atomic mass is 9.98. The van der Waals surface area contributed by atoms with E-state index in [0.29, 0.717) is 23.5 Å². The number of nitrogens with zero attached hydrogens (tertiary/aromatic N) is 1. The van der Waals surface area contributed by atoms with Gasteiger partial charge in [-0.3, -0.25) is 4.79 Å². The third-order valence-corrected chi connectivity index (χ3v) is 8.26. The van der Waals surface area contributed by atoms with Crippen LogP contribution in [0.25, 0.3) is 0 Å². The first-order chi connectivity index (χ1) is 15.1. The molecule has 0 atom stereocenters. The van der Waals surface area contributed by atoms with Gasteiger partial charge in [-0.2, -0.15) is 4.31 Å². The highest BCUT2D eigenvalue weighted by atomic mass is 32.2. The molecule has 1 fully saturated rings. The highest BCUT2D eigenvalue weighted by Gasteiger charge is 2.35. The molecule has 1 aliphatic rings. The summed E-state index contributed by atoms with van der Waals surface area (Å²) >= 11 is 0. The van der Waals surface area contributed by atoms with Gasteiger partial charge in [0.15, 0.2) is 0 Å². The minimum atomic E-state index is -3.66. The smallest absolute Gasteiger partial charge is 0.373 e. The van der Waals surface area contributed by atoms with Gasteiger partial charge in [-0.25, -0.2) is 13.2 Å². The molecule has 2 aromatic rings. The molecule has 0 radical (unpaired) electrons. The molecule has 3 rings (SSSR count). The number of rotatable bonds is 6. The van der Waals surface area contributed by atoms with Gasteiger partial charge in [0, 0.05) is 13.1 Å². The molecule has 0 aliphatic carbocycles. The van der Waals surface area contributed by atoms with Gasteiger partial charge in [-0.15, -0.1) is 0 Å². The first-order valence-electron chi connectivity index (χ1n) is 10.5. The van der Waals surface area contributed by atoms with E-state index in [4.69, 9.17) is 9.15 Å². The molecule has 32 heavy (non-hydrogen) atoms. The number of piperidine rings is 1. The number of carbonyl (C=O) groups is 2. The number of carbonyl (C=O) groups excluding carboxylic acids is 2. The molecule has 0 spiro atoms. The van der Waals surface area contributed by atoms with E-state index in [1.165, 1.54) is 17.5 Å². The van der Waals surface area contributed by atoms with Crippen molar-refractivity contribution in [3.8, 4) is 0 Å². The number of benzene rings is 1. The van der Waals surface area contributed by atoms with Crippen LogP contribution in [0.2, 0.25) is 0 Å². The van der Waals surface area contributed by atoms with Gasteiger partial charge in [0.05, 0.1) is 17.9 Å². The molecule has 0 bridgehead atoms. The predicted octanol–water partition coefficient (Wildman–Crippen LogP) is 3.44. The monoisotopic (exact) mass is 463 g/mol. The van der Waals surface area contributed by atoms with Gasteiger partial charge in [-0.1, -0.05) is 6.07 Å². The van der Waals surface area contributed by atoms with Crippen molar-refractivity contribution in [3.63, 3.8) is 0 Å². The van der Waals surface area contributed by atoms with Crippen LogP contribution in [0.4, 0.5) is 0 Å². The number of hydrogen-bond donors (Lipinski definition) is 0. The van der Waals surface area contributed by atoms with Crippen LogP contribution >= 0.6 is 0 Å². The maximum Gasteiger partial charge on any atom is 0.373 e. The van der Waals surface area contributed by atoms with Crippen LogP contribution < -0.4 is 0 Å². The first-order valence-corrected chi connectivity index (χ1v) is 11.9. The number of hydrogen-bond acceptors (Lipinski definition) is 7. The van der Waals surface area contributed by atoms with Gasteiger partial charge in [-0.05, 0) is 74.9 Å². The molecular weight excluding hydrogens is 434 g/mol. The van der Waals surface area contributed by atoms with Crippen molar-refractivity contribution in [2.75, 3.05) is 20.2 Å². The number of methoxy groups -OCH3 is 1. The lowest BCUT2D eigenvalue weighted by Gasteiger charge is -2.31. The Morgan fingerprint density at radius 1 is 1.06 bits per heavy atom. The zero-order valence-corrected chi connectivity index (χ0v) is 19.9. The number of esters is 2. The number of sulfonamides is 1. The van der Waals surface area contributed by atoms with Crippen molar-refractivity contribution in [3.05, 3.63) is 52.0 Å². The normalized spacial score (nSPS) is 15.5. The van der Waals surface area contributed by atoms with Crippen molar-refractivity contribution in [2.45, 2.75) is 52.0 Å². The topological polar surface area (TPSA) is 103 Å². The Kier molecular flexibility index (Phi) is 7.09. The first kappa shape index (κ1) is 24.0. The van der Waals surface area contributed by atoms with E-state index in [2.05, 4.69) is 4.74 Å². The van der Waals surface area contributed by atoms with Crippen molar-refractivity contribution in [2.24, 2.45) is 5.92 Å². The highest BCUT2D eigenvalue weighted by Crippen LogP contribution is 2.31. The molecular formula is C23H29NO7S. The summed E-state index contributed by atoms with van der Waals surface area (Å²) in [4.78, 5) is 24.3. The molecule has 1 saturated heterocycles. The fourth-order valence-corrected chi connectivity index (χ4v) is 6.00. The Morgan fingerprint density at radius 2 is 1.66 bits per heavy atom. The number of ether oxygens (including phenoxy) is 2. The Morgan fingerprint density at radius 3 is 2.22 bits per heavy atom. The molecule has 2 heterocycles. The third-order valence-electron chi connectivity index (χ3n) is 6.09. The van der Waals surface area contributed by atoms with Crippen LogP contribution in [0, 0.1) is 33.6 Å². The van der Waals surface area contributed by atoms with Gasteiger partial charge in [0.2, 0.25) is 15.8 Å². The summed E-state index contributed by atoms with van der Waals surface area (Å²) in [5.74, 6) is -1.03. The summed E-state index contributed by atoms with van der Waals surface area (Å²) < 4.78 is 43.4. The second-order valence-corrected chi connectivity index (χ2v) is 10.0. The molecule has 1 aliphatic heterocycles. The van der Waals surface area contributed by atoms with Crippen LogP contribution in [0.1, 0.15) is 51.4 Å². The summed E-state index contributed by atoms with van der Waals surface area (Å²) in [6.45, 7) is 7.89. The molecule has 9 heteroatoms. The van der Waals surface area contributed by atoms with E-state index in [-0.39, 0.29) is 25.5 Å². The lowest BCUT2D eigenvalue weighted by Crippen LogP contribution is -2.41. The Labute approximate surface area is 188 Å². The number of aryl methyl sites for hydroxylation is 2. The summed E-state index contributed by atoms with van der Waals surface area (Å²) in [5.41, 5.74) is 3.41. The molecule has 8 nitrogen and oxygen atoms in total. The Bertz CT molecular complexity index is 1100. The van der Waals surface area contributed by atoms with E-state index in [1.54, 1.807) is 6.07 Å². The maximum absolute atomic E-state index is 13.4. The third kappa shape index (κ3) is 4.73. The summed E-state index contributed by atoms with van der Waals surface area (Å²) in [6, 6.07) is 5.00. The van der Waals surface area contributed by atoms with Gasteiger partial charge < -0.3 is 13.9 Å². The largest absolute Gasteiger partial charge is 0.463 e.